The standard InChI is InChI=1S/C27H24BrNO4/c1-17(2)20-8-10-21(11-9-20)26-29-23(27(30)33-26)14-18-7-12-24(25(15-18)31-3)32-16-19-5-4-6-22(28)13-19/h4-15,17H,16H2,1-3H3/b23-14-. The van der Waals surface area contributed by atoms with Crippen molar-refractivity contribution in [2.24, 2.45) is 4.99 Å². The molecule has 5 nitrogen and oxygen atoms in total. The zero-order valence-corrected chi connectivity index (χ0v) is 20.3. The quantitative estimate of drug-likeness (QED) is 0.271. The fraction of sp³-hybridized carbons (Fsp3) is 0.185. The Morgan fingerprint density at radius 3 is 2.52 bits per heavy atom. The minimum absolute atomic E-state index is 0.239. The summed E-state index contributed by atoms with van der Waals surface area (Å²) in [6.45, 7) is 4.67. The molecule has 0 aliphatic carbocycles. The number of esters is 1. The fourth-order valence-corrected chi connectivity index (χ4v) is 3.83. The van der Waals surface area contributed by atoms with E-state index in [4.69, 9.17) is 14.2 Å². The van der Waals surface area contributed by atoms with Crippen molar-refractivity contribution >= 4 is 33.9 Å². The van der Waals surface area contributed by atoms with Gasteiger partial charge in [0, 0.05) is 10.0 Å². The van der Waals surface area contributed by atoms with E-state index in [1.165, 1.54) is 5.56 Å². The minimum Gasteiger partial charge on any atom is -0.493 e. The van der Waals surface area contributed by atoms with Gasteiger partial charge in [-0.25, -0.2) is 9.79 Å². The van der Waals surface area contributed by atoms with Gasteiger partial charge in [0.15, 0.2) is 17.2 Å². The maximum Gasteiger partial charge on any atom is 0.363 e. The number of benzene rings is 3. The first-order valence-corrected chi connectivity index (χ1v) is 11.4. The van der Waals surface area contributed by atoms with Gasteiger partial charge in [-0.2, -0.15) is 0 Å². The van der Waals surface area contributed by atoms with Crippen molar-refractivity contribution in [1.82, 2.24) is 0 Å². The van der Waals surface area contributed by atoms with Crippen molar-refractivity contribution in [3.63, 3.8) is 0 Å². The third-order valence-corrected chi connectivity index (χ3v) is 5.71. The fourth-order valence-electron chi connectivity index (χ4n) is 3.38. The van der Waals surface area contributed by atoms with Crippen LogP contribution in [-0.2, 0) is 16.1 Å². The second-order valence-electron chi connectivity index (χ2n) is 7.94. The molecule has 0 N–H and O–H groups in total. The van der Waals surface area contributed by atoms with Crippen molar-refractivity contribution in [3.8, 4) is 11.5 Å². The maximum atomic E-state index is 12.4. The van der Waals surface area contributed by atoms with Crippen molar-refractivity contribution < 1.29 is 19.0 Å². The van der Waals surface area contributed by atoms with Crippen LogP contribution in [0, 0.1) is 0 Å². The summed E-state index contributed by atoms with van der Waals surface area (Å²) >= 11 is 3.47. The van der Waals surface area contributed by atoms with Gasteiger partial charge < -0.3 is 14.2 Å². The van der Waals surface area contributed by atoms with E-state index in [1.807, 2.05) is 66.7 Å². The second-order valence-corrected chi connectivity index (χ2v) is 8.86. The Morgan fingerprint density at radius 1 is 1.03 bits per heavy atom. The van der Waals surface area contributed by atoms with Crippen LogP contribution in [0.15, 0.2) is 81.9 Å². The SMILES string of the molecule is COc1cc(/C=C2\N=C(c3ccc(C(C)C)cc3)OC2=O)ccc1OCc1cccc(Br)c1. The number of hydrogen-bond donors (Lipinski definition) is 0. The molecule has 0 saturated heterocycles. The summed E-state index contributed by atoms with van der Waals surface area (Å²) in [5.74, 6) is 1.44. The van der Waals surface area contributed by atoms with Gasteiger partial charge in [-0.05, 0) is 65.1 Å². The lowest BCUT2D eigenvalue weighted by Gasteiger charge is -2.11. The van der Waals surface area contributed by atoms with Crippen molar-refractivity contribution in [3.05, 3.63) is 99.2 Å². The molecule has 0 bridgehead atoms. The maximum absolute atomic E-state index is 12.4. The lowest BCUT2D eigenvalue weighted by molar-refractivity contribution is -0.129. The monoisotopic (exact) mass is 505 g/mol. The Bertz CT molecular complexity index is 1230. The summed E-state index contributed by atoms with van der Waals surface area (Å²) in [5, 5.41) is 0. The number of carbonyl (C=O) groups excluding carboxylic acids is 1. The van der Waals surface area contributed by atoms with E-state index in [9.17, 15) is 4.79 Å². The predicted octanol–water partition coefficient (Wildman–Crippen LogP) is 6.50. The van der Waals surface area contributed by atoms with Crippen LogP contribution in [0.25, 0.3) is 6.08 Å². The van der Waals surface area contributed by atoms with Crippen LogP contribution in [0.1, 0.15) is 42.0 Å². The number of ether oxygens (including phenoxy) is 3. The summed E-state index contributed by atoms with van der Waals surface area (Å²) in [6, 6.07) is 21.3. The van der Waals surface area contributed by atoms with E-state index in [-0.39, 0.29) is 5.70 Å². The van der Waals surface area contributed by atoms with E-state index in [2.05, 4.69) is 34.8 Å². The number of nitrogens with zero attached hydrogens (tertiary/aromatic N) is 1. The summed E-state index contributed by atoms with van der Waals surface area (Å²) in [4.78, 5) is 16.8. The largest absolute Gasteiger partial charge is 0.493 e. The molecule has 3 aromatic carbocycles. The average Bonchev–Trinajstić information content (AvgIpc) is 3.18. The Labute approximate surface area is 201 Å². The molecule has 1 heterocycles. The molecule has 0 amide bonds. The molecule has 0 saturated carbocycles. The zero-order chi connectivity index (χ0) is 23.4. The van der Waals surface area contributed by atoms with Gasteiger partial charge in [-0.1, -0.05) is 60.1 Å². The normalized spacial score (nSPS) is 14.4. The predicted molar refractivity (Wildman–Crippen MR) is 133 cm³/mol. The van der Waals surface area contributed by atoms with Crippen LogP contribution in [0.2, 0.25) is 0 Å². The Hall–Kier alpha value is -3.38. The third-order valence-electron chi connectivity index (χ3n) is 5.22. The van der Waals surface area contributed by atoms with E-state index in [0.29, 0.717) is 29.9 Å². The summed E-state index contributed by atoms with van der Waals surface area (Å²) < 4.78 is 17.8. The van der Waals surface area contributed by atoms with Gasteiger partial charge >= 0.3 is 5.97 Å². The van der Waals surface area contributed by atoms with E-state index in [0.717, 1.165) is 21.2 Å². The second kappa shape index (κ2) is 10.0. The van der Waals surface area contributed by atoms with Crippen LogP contribution < -0.4 is 9.47 Å². The smallest absolute Gasteiger partial charge is 0.363 e. The van der Waals surface area contributed by atoms with Gasteiger partial charge in [0.05, 0.1) is 7.11 Å². The van der Waals surface area contributed by atoms with Crippen LogP contribution in [0.3, 0.4) is 0 Å². The Kier molecular flexibility index (Phi) is 6.94. The molecular weight excluding hydrogens is 482 g/mol. The lowest BCUT2D eigenvalue weighted by atomic mass is 10.0. The minimum atomic E-state index is -0.480. The summed E-state index contributed by atoms with van der Waals surface area (Å²) in [7, 11) is 1.58. The van der Waals surface area contributed by atoms with Crippen LogP contribution >= 0.6 is 15.9 Å². The molecule has 0 atom stereocenters. The number of carbonyl (C=O) groups is 1. The summed E-state index contributed by atoms with van der Waals surface area (Å²) in [6.07, 6.45) is 1.68. The first-order valence-electron chi connectivity index (χ1n) is 10.6. The molecule has 33 heavy (non-hydrogen) atoms. The third kappa shape index (κ3) is 5.52. The highest BCUT2D eigenvalue weighted by atomic mass is 79.9. The van der Waals surface area contributed by atoms with Crippen LogP contribution in [0.4, 0.5) is 0 Å². The molecule has 6 heteroatoms. The number of cyclic esters (lactones) is 1. The van der Waals surface area contributed by atoms with E-state index < -0.39 is 5.97 Å². The molecule has 0 spiro atoms. The average molecular weight is 506 g/mol. The first-order chi connectivity index (χ1) is 15.9. The van der Waals surface area contributed by atoms with Gasteiger partial charge in [0.2, 0.25) is 5.90 Å². The van der Waals surface area contributed by atoms with E-state index in [1.54, 1.807) is 13.2 Å². The highest BCUT2D eigenvalue weighted by molar-refractivity contribution is 9.10. The molecule has 0 radical (unpaired) electrons. The molecule has 1 aliphatic heterocycles. The zero-order valence-electron chi connectivity index (χ0n) is 18.7. The molecule has 0 unspecified atom stereocenters. The lowest BCUT2D eigenvalue weighted by Crippen LogP contribution is -2.05. The van der Waals surface area contributed by atoms with E-state index >= 15 is 0 Å². The highest BCUT2D eigenvalue weighted by Gasteiger charge is 2.24. The highest BCUT2D eigenvalue weighted by Crippen LogP contribution is 2.31. The number of rotatable bonds is 7. The molecule has 0 fully saturated rings. The molecule has 168 valence electrons. The van der Waals surface area contributed by atoms with Crippen molar-refractivity contribution in [2.45, 2.75) is 26.4 Å². The van der Waals surface area contributed by atoms with Crippen molar-refractivity contribution in [2.75, 3.05) is 7.11 Å². The topological polar surface area (TPSA) is 57.1 Å². The van der Waals surface area contributed by atoms with Crippen LogP contribution in [-0.4, -0.2) is 19.0 Å². The Morgan fingerprint density at radius 2 is 1.82 bits per heavy atom. The van der Waals surface area contributed by atoms with Crippen LogP contribution in [0.5, 0.6) is 11.5 Å². The number of aliphatic imine (C=N–C) groups is 1. The van der Waals surface area contributed by atoms with Crippen molar-refractivity contribution in [1.29, 1.82) is 0 Å². The molecule has 4 rings (SSSR count). The molecule has 3 aromatic rings. The number of hydrogen-bond acceptors (Lipinski definition) is 5. The summed E-state index contributed by atoms with van der Waals surface area (Å²) in [5.41, 5.74) is 4.02. The number of halogens is 1. The number of methoxy groups -OCH3 is 1. The molecule has 0 aromatic heterocycles. The Balaban J connectivity index is 1.52. The van der Waals surface area contributed by atoms with Gasteiger partial charge in [-0.15, -0.1) is 0 Å². The van der Waals surface area contributed by atoms with Gasteiger partial charge in [0.1, 0.15) is 6.61 Å². The van der Waals surface area contributed by atoms with Gasteiger partial charge in [0.25, 0.3) is 0 Å². The van der Waals surface area contributed by atoms with Gasteiger partial charge in [-0.3, -0.25) is 0 Å². The first kappa shape index (κ1) is 22.8. The molecule has 1 aliphatic rings. The molecular formula is C27H24BrNO4.